The standard InChI is InChI=1S/C15H22N2O2/c1-11-3-4-13(19-2)12(9-11)15(10-16)6-5-14(18)17-8-7-15/h3-4,9H,5-8,10,16H2,1-2H3,(H,17,18). The van der Waals surface area contributed by atoms with Gasteiger partial charge in [0.15, 0.2) is 0 Å². The zero-order chi connectivity index (χ0) is 13.9. The Morgan fingerprint density at radius 3 is 2.89 bits per heavy atom. The highest BCUT2D eigenvalue weighted by Crippen LogP contribution is 2.39. The van der Waals surface area contributed by atoms with Crippen LogP contribution in [0.4, 0.5) is 0 Å². The molecule has 3 N–H and O–H groups in total. The molecule has 0 aliphatic carbocycles. The van der Waals surface area contributed by atoms with Crippen LogP contribution in [0.25, 0.3) is 0 Å². The molecule has 4 nitrogen and oxygen atoms in total. The van der Waals surface area contributed by atoms with Crippen molar-refractivity contribution in [3.8, 4) is 5.75 Å². The molecule has 4 heteroatoms. The van der Waals surface area contributed by atoms with E-state index in [0.717, 1.165) is 24.2 Å². The van der Waals surface area contributed by atoms with Crippen molar-refractivity contribution >= 4 is 5.91 Å². The topological polar surface area (TPSA) is 64.3 Å². The van der Waals surface area contributed by atoms with Crippen molar-refractivity contribution < 1.29 is 9.53 Å². The maximum absolute atomic E-state index is 11.6. The molecule has 0 spiro atoms. The average molecular weight is 262 g/mol. The minimum absolute atomic E-state index is 0.113. The van der Waals surface area contributed by atoms with E-state index in [1.54, 1.807) is 7.11 Å². The maximum atomic E-state index is 11.6. The Morgan fingerprint density at radius 1 is 1.42 bits per heavy atom. The molecule has 1 saturated heterocycles. The molecule has 1 aliphatic heterocycles. The summed E-state index contributed by atoms with van der Waals surface area (Å²) in [7, 11) is 1.68. The number of nitrogens with one attached hydrogen (secondary N) is 1. The van der Waals surface area contributed by atoms with Gasteiger partial charge in [-0.2, -0.15) is 0 Å². The van der Waals surface area contributed by atoms with Gasteiger partial charge in [0.2, 0.25) is 5.91 Å². The highest BCUT2D eigenvalue weighted by Gasteiger charge is 2.35. The average Bonchev–Trinajstić information content (AvgIpc) is 2.61. The van der Waals surface area contributed by atoms with Crippen LogP contribution in [0.15, 0.2) is 18.2 Å². The minimum Gasteiger partial charge on any atom is -0.496 e. The Bertz CT molecular complexity index is 473. The first kappa shape index (κ1) is 13.9. The second-order valence-electron chi connectivity index (χ2n) is 5.29. The fraction of sp³-hybridized carbons (Fsp3) is 0.533. The van der Waals surface area contributed by atoms with Gasteiger partial charge < -0.3 is 15.8 Å². The van der Waals surface area contributed by atoms with Gasteiger partial charge in [-0.25, -0.2) is 0 Å². The van der Waals surface area contributed by atoms with Crippen molar-refractivity contribution in [2.45, 2.75) is 31.6 Å². The molecule has 0 aromatic heterocycles. The van der Waals surface area contributed by atoms with E-state index < -0.39 is 0 Å². The van der Waals surface area contributed by atoms with Gasteiger partial charge in [0, 0.05) is 30.5 Å². The number of rotatable bonds is 3. The minimum atomic E-state index is -0.170. The first-order valence-electron chi connectivity index (χ1n) is 6.73. The van der Waals surface area contributed by atoms with Crippen molar-refractivity contribution in [2.75, 3.05) is 20.2 Å². The summed E-state index contributed by atoms with van der Waals surface area (Å²) >= 11 is 0. The van der Waals surface area contributed by atoms with Gasteiger partial charge in [-0.05, 0) is 25.8 Å². The summed E-state index contributed by atoms with van der Waals surface area (Å²) in [4.78, 5) is 11.6. The van der Waals surface area contributed by atoms with E-state index in [9.17, 15) is 4.79 Å². The first-order chi connectivity index (χ1) is 9.11. The largest absolute Gasteiger partial charge is 0.496 e. The molecular formula is C15H22N2O2. The lowest BCUT2D eigenvalue weighted by atomic mass is 9.73. The molecule has 1 heterocycles. The third kappa shape index (κ3) is 2.73. The third-order valence-electron chi connectivity index (χ3n) is 4.07. The van der Waals surface area contributed by atoms with E-state index in [1.165, 1.54) is 5.56 Å². The lowest BCUT2D eigenvalue weighted by molar-refractivity contribution is -0.120. The Balaban J connectivity index is 2.45. The van der Waals surface area contributed by atoms with Crippen LogP contribution in [-0.4, -0.2) is 26.1 Å². The quantitative estimate of drug-likeness (QED) is 0.867. The van der Waals surface area contributed by atoms with Gasteiger partial charge in [0.1, 0.15) is 5.75 Å². The van der Waals surface area contributed by atoms with E-state index in [-0.39, 0.29) is 11.3 Å². The number of hydrogen-bond donors (Lipinski definition) is 2. The molecule has 1 aliphatic rings. The molecule has 1 unspecified atom stereocenters. The predicted octanol–water partition coefficient (Wildman–Crippen LogP) is 1.50. The van der Waals surface area contributed by atoms with Crippen molar-refractivity contribution in [1.29, 1.82) is 0 Å². The molecule has 1 atom stereocenters. The summed E-state index contributed by atoms with van der Waals surface area (Å²) in [5, 5.41) is 2.92. The first-order valence-corrected chi connectivity index (χ1v) is 6.73. The Kier molecular flexibility index (Phi) is 4.10. The second kappa shape index (κ2) is 5.61. The molecule has 0 radical (unpaired) electrons. The lowest BCUT2D eigenvalue weighted by Gasteiger charge is -2.33. The number of benzene rings is 1. The summed E-state index contributed by atoms with van der Waals surface area (Å²) in [5.74, 6) is 0.979. The summed E-state index contributed by atoms with van der Waals surface area (Å²) in [6, 6.07) is 6.16. The number of ether oxygens (including phenoxy) is 1. The van der Waals surface area contributed by atoms with E-state index in [0.29, 0.717) is 19.5 Å². The monoisotopic (exact) mass is 262 g/mol. The molecule has 104 valence electrons. The van der Waals surface area contributed by atoms with Crippen molar-refractivity contribution in [3.63, 3.8) is 0 Å². The van der Waals surface area contributed by atoms with Crippen LogP contribution in [0.3, 0.4) is 0 Å². The van der Waals surface area contributed by atoms with Crippen LogP contribution in [0, 0.1) is 6.92 Å². The van der Waals surface area contributed by atoms with Crippen LogP contribution in [0.2, 0.25) is 0 Å². The van der Waals surface area contributed by atoms with Gasteiger partial charge >= 0.3 is 0 Å². The predicted molar refractivity (Wildman–Crippen MR) is 75.3 cm³/mol. The van der Waals surface area contributed by atoms with Gasteiger partial charge in [-0.1, -0.05) is 17.7 Å². The Hall–Kier alpha value is -1.55. The zero-order valence-electron chi connectivity index (χ0n) is 11.7. The van der Waals surface area contributed by atoms with Crippen molar-refractivity contribution in [1.82, 2.24) is 5.32 Å². The van der Waals surface area contributed by atoms with Crippen molar-refractivity contribution in [3.05, 3.63) is 29.3 Å². The number of hydrogen-bond acceptors (Lipinski definition) is 3. The van der Waals surface area contributed by atoms with Crippen molar-refractivity contribution in [2.24, 2.45) is 5.73 Å². The molecule has 0 bridgehead atoms. The van der Waals surface area contributed by atoms with Gasteiger partial charge in [0.05, 0.1) is 7.11 Å². The van der Waals surface area contributed by atoms with E-state index in [4.69, 9.17) is 10.5 Å². The number of nitrogens with two attached hydrogens (primary N) is 1. The van der Waals surface area contributed by atoms with E-state index in [1.807, 2.05) is 12.1 Å². The molecular weight excluding hydrogens is 240 g/mol. The summed E-state index contributed by atoms with van der Waals surface area (Å²) in [6.07, 6.45) is 2.15. The number of carbonyl (C=O) groups excluding carboxylic acids is 1. The van der Waals surface area contributed by atoms with Crippen LogP contribution < -0.4 is 15.8 Å². The fourth-order valence-corrected chi connectivity index (χ4v) is 2.83. The van der Waals surface area contributed by atoms with Crippen LogP contribution in [0.5, 0.6) is 5.75 Å². The lowest BCUT2D eigenvalue weighted by Crippen LogP contribution is -2.36. The second-order valence-corrected chi connectivity index (χ2v) is 5.29. The van der Waals surface area contributed by atoms with E-state index in [2.05, 4.69) is 18.3 Å². The highest BCUT2D eigenvalue weighted by atomic mass is 16.5. The summed E-state index contributed by atoms with van der Waals surface area (Å²) in [5.41, 5.74) is 8.21. The van der Waals surface area contributed by atoms with Gasteiger partial charge in [-0.3, -0.25) is 4.79 Å². The fourth-order valence-electron chi connectivity index (χ4n) is 2.83. The summed E-state index contributed by atoms with van der Waals surface area (Å²) < 4.78 is 5.49. The van der Waals surface area contributed by atoms with Gasteiger partial charge in [-0.15, -0.1) is 0 Å². The van der Waals surface area contributed by atoms with E-state index >= 15 is 0 Å². The number of methoxy groups -OCH3 is 1. The molecule has 19 heavy (non-hydrogen) atoms. The normalized spacial score (nSPS) is 23.6. The smallest absolute Gasteiger partial charge is 0.220 e. The number of amides is 1. The highest BCUT2D eigenvalue weighted by molar-refractivity contribution is 5.76. The van der Waals surface area contributed by atoms with Crippen LogP contribution in [-0.2, 0) is 10.2 Å². The summed E-state index contributed by atoms with van der Waals surface area (Å²) in [6.45, 7) is 3.27. The molecule has 2 rings (SSSR count). The Labute approximate surface area is 114 Å². The molecule has 1 amide bonds. The Morgan fingerprint density at radius 2 is 2.21 bits per heavy atom. The van der Waals surface area contributed by atoms with Crippen LogP contribution >= 0.6 is 0 Å². The maximum Gasteiger partial charge on any atom is 0.220 e. The SMILES string of the molecule is COc1ccc(C)cc1C1(CN)CCNC(=O)CC1. The zero-order valence-corrected chi connectivity index (χ0v) is 11.7. The molecule has 1 aromatic carbocycles. The van der Waals surface area contributed by atoms with Crippen LogP contribution in [0.1, 0.15) is 30.4 Å². The molecule has 1 aromatic rings. The molecule has 0 saturated carbocycles. The third-order valence-corrected chi connectivity index (χ3v) is 4.07. The number of aryl methyl sites for hydroxylation is 1. The number of carbonyl (C=O) groups is 1. The molecule has 1 fully saturated rings. The van der Waals surface area contributed by atoms with Gasteiger partial charge in [0.25, 0.3) is 0 Å².